The number of hydrogen-bond donors (Lipinski definition) is 1. The second kappa shape index (κ2) is 4.24. The molecular weight excluding hydrogens is 286 g/mol. The molecule has 2 N–H and O–H groups in total. The molecule has 0 aliphatic carbocycles. The van der Waals surface area contributed by atoms with Crippen LogP contribution in [0.4, 0.5) is 0 Å². The predicted octanol–water partition coefficient (Wildman–Crippen LogP) is 0.166. The van der Waals surface area contributed by atoms with Crippen molar-refractivity contribution in [3.63, 3.8) is 0 Å². The lowest BCUT2D eigenvalue weighted by molar-refractivity contribution is -0.132. The maximum atomic E-state index is 12.0. The van der Waals surface area contributed by atoms with Crippen molar-refractivity contribution in [1.82, 2.24) is 9.29 Å². The lowest BCUT2D eigenvalue weighted by Gasteiger charge is -2.43. The molecule has 1 fully saturated rings. The SMILES string of the molecule is CC1(C)C(=O)N(Cc2cccnc2C(N)=S)S1(=O)=O. The smallest absolute Gasteiger partial charge is 0.259 e. The van der Waals surface area contributed by atoms with Gasteiger partial charge in [-0.1, -0.05) is 18.3 Å². The average molecular weight is 299 g/mol. The van der Waals surface area contributed by atoms with Gasteiger partial charge in [0.1, 0.15) is 10.7 Å². The van der Waals surface area contributed by atoms with Gasteiger partial charge >= 0.3 is 0 Å². The number of thiocarbonyl (C=S) groups is 1. The van der Waals surface area contributed by atoms with E-state index < -0.39 is 20.7 Å². The van der Waals surface area contributed by atoms with Crippen molar-refractivity contribution in [2.24, 2.45) is 5.73 Å². The van der Waals surface area contributed by atoms with Gasteiger partial charge in [-0.15, -0.1) is 0 Å². The summed E-state index contributed by atoms with van der Waals surface area (Å²) < 4.78 is 23.4. The standard InChI is InChI=1S/C11H13N3O3S2/c1-11(2)10(15)14(19(11,16)17)6-7-4-3-5-13-8(7)9(12)18/h3-5H,6H2,1-2H3,(H2,12,18). The quantitative estimate of drug-likeness (QED) is 0.800. The molecule has 19 heavy (non-hydrogen) atoms. The Morgan fingerprint density at radius 2 is 2.16 bits per heavy atom. The van der Waals surface area contributed by atoms with E-state index in [1.807, 2.05) is 0 Å². The Labute approximate surface area is 116 Å². The summed E-state index contributed by atoms with van der Waals surface area (Å²) in [5, 5.41) is 0. The Bertz CT molecular complexity index is 668. The molecule has 1 aliphatic rings. The summed E-state index contributed by atoms with van der Waals surface area (Å²) in [6, 6.07) is 3.29. The van der Waals surface area contributed by atoms with Crippen molar-refractivity contribution < 1.29 is 13.2 Å². The van der Waals surface area contributed by atoms with E-state index in [0.717, 1.165) is 4.31 Å². The molecule has 1 aromatic rings. The summed E-state index contributed by atoms with van der Waals surface area (Å²) >= 11 is 4.85. The molecule has 6 nitrogen and oxygen atoms in total. The van der Waals surface area contributed by atoms with Gasteiger partial charge in [-0.2, -0.15) is 0 Å². The van der Waals surface area contributed by atoms with Crippen molar-refractivity contribution in [2.75, 3.05) is 0 Å². The van der Waals surface area contributed by atoms with E-state index in [9.17, 15) is 13.2 Å². The first kappa shape index (κ1) is 13.9. The first-order valence-corrected chi connectivity index (χ1v) is 7.35. The molecule has 0 saturated carbocycles. The Balaban J connectivity index is 2.35. The van der Waals surface area contributed by atoms with Gasteiger partial charge in [-0.05, 0) is 19.9 Å². The van der Waals surface area contributed by atoms with Gasteiger partial charge in [0.25, 0.3) is 15.9 Å². The molecule has 0 bridgehead atoms. The predicted molar refractivity (Wildman–Crippen MR) is 73.7 cm³/mol. The number of nitrogens with zero attached hydrogens (tertiary/aromatic N) is 2. The zero-order valence-electron chi connectivity index (χ0n) is 10.5. The van der Waals surface area contributed by atoms with Gasteiger partial charge < -0.3 is 5.73 Å². The number of aromatic nitrogens is 1. The molecule has 1 saturated heterocycles. The average Bonchev–Trinajstić information content (AvgIpc) is 2.35. The summed E-state index contributed by atoms with van der Waals surface area (Å²) in [6.45, 7) is 2.68. The lowest BCUT2D eigenvalue weighted by Crippen LogP contribution is -2.66. The fraction of sp³-hybridized carbons (Fsp3) is 0.364. The molecule has 1 aliphatic heterocycles. The summed E-state index contributed by atoms with van der Waals surface area (Å²) in [5.74, 6) is -0.440. The molecule has 0 aromatic carbocycles. The van der Waals surface area contributed by atoms with Gasteiger partial charge in [-0.3, -0.25) is 9.78 Å². The number of nitrogens with two attached hydrogens (primary N) is 1. The molecular formula is C11H13N3O3S2. The topological polar surface area (TPSA) is 93.4 Å². The van der Waals surface area contributed by atoms with Gasteiger partial charge in [0.2, 0.25) is 0 Å². The highest BCUT2D eigenvalue weighted by atomic mass is 32.2. The number of carbonyl (C=O) groups is 1. The molecule has 8 heteroatoms. The third-order valence-electron chi connectivity index (χ3n) is 3.12. The van der Waals surface area contributed by atoms with Crippen LogP contribution in [0, 0.1) is 0 Å². The van der Waals surface area contributed by atoms with Crippen molar-refractivity contribution >= 4 is 33.1 Å². The number of amides is 1. The third kappa shape index (κ3) is 1.91. The Kier molecular flexibility index (Phi) is 3.10. The number of rotatable bonds is 3. The van der Waals surface area contributed by atoms with Gasteiger partial charge in [0.05, 0.1) is 6.54 Å². The first-order chi connectivity index (χ1) is 8.69. The van der Waals surface area contributed by atoms with Crippen LogP contribution < -0.4 is 5.73 Å². The third-order valence-corrected chi connectivity index (χ3v) is 5.65. The molecule has 102 valence electrons. The van der Waals surface area contributed by atoms with E-state index in [1.165, 1.54) is 20.0 Å². The molecule has 2 rings (SSSR count). The van der Waals surface area contributed by atoms with Gasteiger partial charge in [-0.25, -0.2) is 12.7 Å². The minimum atomic E-state index is -3.62. The maximum absolute atomic E-state index is 12.0. The van der Waals surface area contributed by atoms with Crippen LogP contribution in [-0.2, 0) is 21.4 Å². The monoisotopic (exact) mass is 299 g/mol. The summed E-state index contributed by atoms with van der Waals surface area (Å²) in [5.41, 5.74) is 6.38. The van der Waals surface area contributed by atoms with Crippen molar-refractivity contribution in [1.29, 1.82) is 0 Å². The molecule has 0 unspecified atom stereocenters. The zero-order valence-corrected chi connectivity index (χ0v) is 12.1. The van der Waals surface area contributed by atoms with E-state index in [2.05, 4.69) is 4.98 Å². The fourth-order valence-electron chi connectivity index (χ4n) is 1.86. The molecule has 0 spiro atoms. The summed E-state index contributed by atoms with van der Waals surface area (Å²) in [7, 11) is -3.62. The molecule has 1 aromatic heterocycles. The molecule has 2 heterocycles. The van der Waals surface area contributed by atoms with Crippen LogP contribution in [0.5, 0.6) is 0 Å². The Morgan fingerprint density at radius 1 is 1.53 bits per heavy atom. The highest BCUT2D eigenvalue weighted by molar-refractivity contribution is 7.94. The van der Waals surface area contributed by atoms with Crippen LogP contribution in [0.1, 0.15) is 25.1 Å². The van der Waals surface area contributed by atoms with Gasteiger partial charge in [0, 0.05) is 11.8 Å². The maximum Gasteiger partial charge on any atom is 0.259 e. The van der Waals surface area contributed by atoms with E-state index in [4.69, 9.17) is 18.0 Å². The largest absolute Gasteiger partial charge is 0.388 e. The Hall–Kier alpha value is -1.54. The molecule has 0 atom stereocenters. The van der Waals surface area contributed by atoms with Crippen LogP contribution in [0.3, 0.4) is 0 Å². The minimum Gasteiger partial charge on any atom is -0.388 e. The second-order valence-corrected chi connectivity index (χ2v) is 7.55. The number of pyridine rings is 1. The summed E-state index contributed by atoms with van der Waals surface area (Å²) in [6.07, 6.45) is 1.51. The van der Waals surface area contributed by atoms with Crippen LogP contribution in [0.2, 0.25) is 0 Å². The van der Waals surface area contributed by atoms with Crippen molar-refractivity contribution in [3.05, 3.63) is 29.6 Å². The summed E-state index contributed by atoms with van der Waals surface area (Å²) in [4.78, 5) is 15.9. The number of hydrogen-bond acceptors (Lipinski definition) is 5. The zero-order chi connectivity index (χ0) is 14.4. The molecule has 1 amide bonds. The van der Waals surface area contributed by atoms with Crippen LogP contribution in [-0.4, -0.2) is 33.3 Å². The van der Waals surface area contributed by atoms with E-state index in [0.29, 0.717) is 11.3 Å². The van der Waals surface area contributed by atoms with E-state index >= 15 is 0 Å². The lowest BCUT2D eigenvalue weighted by atomic mass is 10.1. The highest BCUT2D eigenvalue weighted by Gasteiger charge is 2.60. The highest BCUT2D eigenvalue weighted by Crippen LogP contribution is 2.36. The van der Waals surface area contributed by atoms with E-state index in [-0.39, 0.29) is 11.5 Å². The Morgan fingerprint density at radius 3 is 2.68 bits per heavy atom. The van der Waals surface area contributed by atoms with Crippen molar-refractivity contribution in [3.8, 4) is 0 Å². The number of sulfonamides is 1. The fourth-order valence-corrected chi connectivity index (χ4v) is 3.54. The van der Waals surface area contributed by atoms with Crippen LogP contribution in [0.15, 0.2) is 18.3 Å². The van der Waals surface area contributed by atoms with E-state index in [1.54, 1.807) is 12.1 Å². The van der Waals surface area contributed by atoms with Gasteiger partial charge in [0.15, 0.2) is 4.75 Å². The minimum absolute atomic E-state index is 0.0697. The van der Waals surface area contributed by atoms with Crippen LogP contribution >= 0.6 is 12.2 Å². The first-order valence-electron chi connectivity index (χ1n) is 5.50. The number of carbonyl (C=O) groups excluding carboxylic acids is 1. The van der Waals surface area contributed by atoms with Crippen LogP contribution in [0.25, 0.3) is 0 Å². The molecule has 0 radical (unpaired) electrons. The van der Waals surface area contributed by atoms with Crippen molar-refractivity contribution in [2.45, 2.75) is 25.1 Å². The normalized spacial score (nSPS) is 19.9. The second-order valence-electron chi connectivity index (χ2n) is 4.70.